The Morgan fingerprint density at radius 2 is 1.65 bits per heavy atom. The standard InChI is InChI=1S/C15H15F3N2O2.ClH/c1-8-2-7-11(19)14(21)12(8)13(20)9-3-5-10(6-4-9)22-15(16,17)18;/h2-7,13,21H,19-20H2,1H3;1H/t13-;/m0./s1. The number of aryl methyl sites for hydroxylation is 1. The van der Waals surface area contributed by atoms with Gasteiger partial charge in [0.15, 0.2) is 0 Å². The summed E-state index contributed by atoms with van der Waals surface area (Å²) in [6.45, 7) is 1.76. The van der Waals surface area contributed by atoms with Gasteiger partial charge >= 0.3 is 6.36 Å². The van der Waals surface area contributed by atoms with Gasteiger partial charge in [-0.2, -0.15) is 0 Å². The number of rotatable bonds is 3. The molecule has 126 valence electrons. The van der Waals surface area contributed by atoms with Crippen molar-refractivity contribution in [3.05, 3.63) is 53.1 Å². The molecule has 0 unspecified atom stereocenters. The summed E-state index contributed by atoms with van der Waals surface area (Å²) in [5, 5.41) is 10.0. The van der Waals surface area contributed by atoms with Crippen molar-refractivity contribution in [2.75, 3.05) is 5.73 Å². The topological polar surface area (TPSA) is 81.5 Å². The molecule has 2 aromatic carbocycles. The Balaban J connectivity index is 0.00000264. The van der Waals surface area contributed by atoms with Crippen LogP contribution in [0.15, 0.2) is 36.4 Å². The number of hydrogen-bond donors (Lipinski definition) is 3. The summed E-state index contributed by atoms with van der Waals surface area (Å²) in [7, 11) is 0. The van der Waals surface area contributed by atoms with Gasteiger partial charge < -0.3 is 21.3 Å². The van der Waals surface area contributed by atoms with Gasteiger partial charge in [0.2, 0.25) is 0 Å². The fraction of sp³-hybridized carbons (Fsp3) is 0.200. The highest BCUT2D eigenvalue weighted by Gasteiger charge is 2.31. The minimum Gasteiger partial charge on any atom is -0.505 e. The van der Waals surface area contributed by atoms with Gasteiger partial charge in [0.1, 0.15) is 11.5 Å². The molecule has 0 bridgehead atoms. The molecule has 0 saturated carbocycles. The van der Waals surface area contributed by atoms with Crippen LogP contribution in [0.2, 0.25) is 0 Å². The molecule has 8 heteroatoms. The van der Waals surface area contributed by atoms with E-state index in [1.54, 1.807) is 19.1 Å². The normalized spacial score (nSPS) is 12.4. The number of alkyl halides is 3. The molecule has 23 heavy (non-hydrogen) atoms. The highest BCUT2D eigenvalue weighted by Crippen LogP contribution is 2.35. The third-order valence-corrected chi connectivity index (χ3v) is 3.25. The summed E-state index contributed by atoms with van der Waals surface area (Å²) in [6, 6.07) is 7.71. The van der Waals surface area contributed by atoms with Gasteiger partial charge in [-0.1, -0.05) is 18.2 Å². The molecule has 5 N–H and O–H groups in total. The summed E-state index contributed by atoms with van der Waals surface area (Å²) in [5.74, 6) is -0.458. The van der Waals surface area contributed by atoms with E-state index in [1.807, 2.05) is 0 Å². The molecular formula is C15H16ClF3N2O2. The summed E-state index contributed by atoms with van der Waals surface area (Å²) in [4.78, 5) is 0. The number of halogens is 4. The SMILES string of the molecule is Cc1ccc(N)c(O)c1[C@@H](N)c1ccc(OC(F)(F)F)cc1.Cl. The molecule has 0 aliphatic carbocycles. The van der Waals surface area contributed by atoms with Crippen molar-refractivity contribution in [2.45, 2.75) is 19.3 Å². The van der Waals surface area contributed by atoms with E-state index in [0.29, 0.717) is 11.1 Å². The predicted molar refractivity (Wildman–Crippen MR) is 83.7 cm³/mol. The molecule has 0 aliphatic heterocycles. The first-order valence-corrected chi connectivity index (χ1v) is 6.38. The molecule has 0 spiro atoms. The van der Waals surface area contributed by atoms with Crippen LogP contribution in [0.1, 0.15) is 22.7 Å². The van der Waals surface area contributed by atoms with E-state index in [2.05, 4.69) is 4.74 Å². The van der Waals surface area contributed by atoms with Gasteiger partial charge in [-0.05, 0) is 36.2 Å². The lowest BCUT2D eigenvalue weighted by Gasteiger charge is -2.18. The number of nitrogens with two attached hydrogens (primary N) is 2. The van der Waals surface area contributed by atoms with Gasteiger partial charge in [0.05, 0.1) is 11.7 Å². The molecule has 0 fully saturated rings. The second kappa shape index (κ2) is 6.97. The maximum absolute atomic E-state index is 12.1. The number of anilines is 1. The average Bonchev–Trinajstić information content (AvgIpc) is 2.42. The van der Waals surface area contributed by atoms with Crippen molar-refractivity contribution in [3.8, 4) is 11.5 Å². The van der Waals surface area contributed by atoms with E-state index in [0.717, 1.165) is 5.56 Å². The first-order chi connectivity index (χ1) is 10.2. The first kappa shape index (κ1) is 18.9. The summed E-state index contributed by atoms with van der Waals surface area (Å²) in [6.07, 6.45) is -4.74. The molecule has 2 aromatic rings. The van der Waals surface area contributed by atoms with Crippen LogP contribution in [0.4, 0.5) is 18.9 Å². The van der Waals surface area contributed by atoms with Crippen LogP contribution in [-0.4, -0.2) is 11.5 Å². The lowest BCUT2D eigenvalue weighted by atomic mass is 9.94. The lowest BCUT2D eigenvalue weighted by molar-refractivity contribution is -0.274. The van der Waals surface area contributed by atoms with Gasteiger partial charge in [-0.3, -0.25) is 0 Å². The fourth-order valence-corrected chi connectivity index (χ4v) is 2.16. The molecular weight excluding hydrogens is 333 g/mol. The lowest BCUT2D eigenvalue weighted by Crippen LogP contribution is -2.17. The summed E-state index contributed by atoms with van der Waals surface area (Å²) >= 11 is 0. The zero-order valence-electron chi connectivity index (χ0n) is 12.1. The quantitative estimate of drug-likeness (QED) is 0.584. The Kier molecular flexibility index (Phi) is 5.74. The molecule has 0 aromatic heterocycles. The first-order valence-electron chi connectivity index (χ1n) is 6.38. The van der Waals surface area contributed by atoms with Crippen molar-refractivity contribution in [2.24, 2.45) is 5.73 Å². The Labute approximate surface area is 137 Å². The van der Waals surface area contributed by atoms with Gasteiger partial charge in [0.25, 0.3) is 0 Å². The van der Waals surface area contributed by atoms with Crippen LogP contribution in [0, 0.1) is 6.92 Å². The van der Waals surface area contributed by atoms with E-state index in [4.69, 9.17) is 11.5 Å². The summed E-state index contributed by atoms with van der Waals surface area (Å²) in [5.41, 5.74) is 13.6. The molecule has 0 aliphatic rings. The Morgan fingerprint density at radius 1 is 1.09 bits per heavy atom. The van der Waals surface area contributed by atoms with Gasteiger partial charge in [-0.25, -0.2) is 0 Å². The number of phenolic OH excluding ortho intramolecular Hbond substituents is 1. The smallest absolute Gasteiger partial charge is 0.505 e. The molecule has 0 saturated heterocycles. The maximum Gasteiger partial charge on any atom is 0.573 e. The maximum atomic E-state index is 12.1. The van der Waals surface area contributed by atoms with Crippen LogP contribution in [0.3, 0.4) is 0 Å². The Hall–Kier alpha value is -2.12. The van der Waals surface area contributed by atoms with Crippen LogP contribution in [0.25, 0.3) is 0 Å². The van der Waals surface area contributed by atoms with Gasteiger partial charge in [-0.15, -0.1) is 25.6 Å². The Morgan fingerprint density at radius 3 is 2.17 bits per heavy atom. The van der Waals surface area contributed by atoms with E-state index in [1.165, 1.54) is 24.3 Å². The molecule has 0 radical (unpaired) electrons. The van der Waals surface area contributed by atoms with Crippen LogP contribution >= 0.6 is 12.4 Å². The third-order valence-electron chi connectivity index (χ3n) is 3.25. The molecule has 0 heterocycles. The number of benzene rings is 2. The van der Waals surface area contributed by atoms with Crippen molar-refractivity contribution in [1.82, 2.24) is 0 Å². The van der Waals surface area contributed by atoms with Crippen molar-refractivity contribution in [3.63, 3.8) is 0 Å². The van der Waals surface area contributed by atoms with Crippen LogP contribution in [-0.2, 0) is 0 Å². The molecule has 4 nitrogen and oxygen atoms in total. The second-order valence-electron chi connectivity index (χ2n) is 4.83. The largest absolute Gasteiger partial charge is 0.573 e. The fourth-order valence-electron chi connectivity index (χ4n) is 2.16. The van der Waals surface area contributed by atoms with E-state index in [-0.39, 0.29) is 29.6 Å². The Bertz CT molecular complexity index is 676. The minimum atomic E-state index is -4.74. The number of aromatic hydroxyl groups is 1. The monoisotopic (exact) mass is 348 g/mol. The highest BCUT2D eigenvalue weighted by molar-refractivity contribution is 5.85. The zero-order valence-corrected chi connectivity index (χ0v) is 12.9. The molecule has 1 atom stereocenters. The number of ether oxygens (including phenoxy) is 1. The summed E-state index contributed by atoms with van der Waals surface area (Å²) < 4.78 is 40.2. The average molecular weight is 349 g/mol. The minimum absolute atomic E-state index is 0. The van der Waals surface area contributed by atoms with Crippen LogP contribution < -0.4 is 16.2 Å². The third kappa shape index (κ3) is 4.43. The number of nitrogen functional groups attached to an aromatic ring is 1. The van der Waals surface area contributed by atoms with Crippen molar-refractivity contribution >= 4 is 18.1 Å². The molecule has 0 amide bonds. The predicted octanol–water partition coefficient (Wildman–Crippen LogP) is 3.65. The van der Waals surface area contributed by atoms with E-state index in [9.17, 15) is 18.3 Å². The van der Waals surface area contributed by atoms with Crippen LogP contribution in [0.5, 0.6) is 11.5 Å². The van der Waals surface area contributed by atoms with E-state index < -0.39 is 12.4 Å². The number of hydrogen-bond acceptors (Lipinski definition) is 4. The highest BCUT2D eigenvalue weighted by atomic mass is 35.5. The molecule has 2 rings (SSSR count). The second-order valence-corrected chi connectivity index (χ2v) is 4.83. The van der Waals surface area contributed by atoms with Gasteiger partial charge in [0, 0.05) is 5.56 Å². The number of phenols is 1. The van der Waals surface area contributed by atoms with Crippen molar-refractivity contribution in [1.29, 1.82) is 0 Å². The zero-order chi connectivity index (χ0) is 16.5. The van der Waals surface area contributed by atoms with E-state index >= 15 is 0 Å². The van der Waals surface area contributed by atoms with Crippen molar-refractivity contribution < 1.29 is 23.0 Å².